The summed E-state index contributed by atoms with van der Waals surface area (Å²) in [6, 6.07) is 5.55. The van der Waals surface area contributed by atoms with E-state index in [1.165, 1.54) is 12.1 Å². The summed E-state index contributed by atoms with van der Waals surface area (Å²) in [7, 11) is 0. The highest BCUT2D eigenvalue weighted by Crippen LogP contribution is 2.22. The highest BCUT2D eigenvalue weighted by atomic mass is 19.1. The van der Waals surface area contributed by atoms with Gasteiger partial charge in [0.05, 0.1) is 5.69 Å². The first-order chi connectivity index (χ1) is 10.0. The monoisotopic (exact) mass is 293 g/mol. The number of aromatic nitrogens is 2. The second-order valence-electron chi connectivity index (χ2n) is 5.07. The van der Waals surface area contributed by atoms with Gasteiger partial charge in [0, 0.05) is 36.3 Å². The van der Waals surface area contributed by atoms with Crippen LogP contribution in [0.15, 0.2) is 24.3 Å². The minimum Gasteiger partial charge on any atom is -0.310 e. The van der Waals surface area contributed by atoms with Crippen LogP contribution in [0.3, 0.4) is 0 Å². The average Bonchev–Trinajstić information content (AvgIpc) is 2.78. The Labute approximate surface area is 124 Å². The molecule has 1 aromatic carbocycles. The quantitative estimate of drug-likeness (QED) is 0.885. The first kappa shape index (κ1) is 15.6. The van der Waals surface area contributed by atoms with E-state index in [2.05, 4.69) is 10.4 Å². The van der Waals surface area contributed by atoms with Crippen molar-refractivity contribution in [1.29, 1.82) is 0 Å². The van der Waals surface area contributed by atoms with Gasteiger partial charge in [-0.1, -0.05) is 13.0 Å². The van der Waals surface area contributed by atoms with Crippen molar-refractivity contribution in [3.8, 4) is 0 Å². The Kier molecular flexibility index (Phi) is 5.07. The van der Waals surface area contributed by atoms with Gasteiger partial charge < -0.3 is 5.32 Å². The Morgan fingerprint density at radius 3 is 2.62 bits per heavy atom. The van der Waals surface area contributed by atoms with Crippen LogP contribution < -0.4 is 5.32 Å². The maximum atomic E-state index is 14.0. The average molecular weight is 293 g/mol. The number of nitrogens with one attached hydrogen (secondary N) is 1. The number of benzene rings is 1. The minimum atomic E-state index is -0.555. The fourth-order valence-corrected chi connectivity index (χ4v) is 2.57. The molecule has 5 heteroatoms. The van der Waals surface area contributed by atoms with Crippen LogP contribution in [0.25, 0.3) is 0 Å². The van der Waals surface area contributed by atoms with Crippen molar-refractivity contribution in [2.45, 2.75) is 39.8 Å². The zero-order valence-electron chi connectivity index (χ0n) is 12.7. The molecule has 0 saturated carbocycles. The topological polar surface area (TPSA) is 29.9 Å². The molecule has 3 nitrogen and oxygen atoms in total. The molecule has 0 spiro atoms. The lowest BCUT2D eigenvalue weighted by molar-refractivity contribution is 0.485. The van der Waals surface area contributed by atoms with Crippen LogP contribution in [-0.4, -0.2) is 16.3 Å². The molecule has 0 saturated heterocycles. The van der Waals surface area contributed by atoms with Crippen LogP contribution in [0.4, 0.5) is 8.78 Å². The van der Waals surface area contributed by atoms with Crippen molar-refractivity contribution in [3.63, 3.8) is 0 Å². The highest BCUT2D eigenvalue weighted by Gasteiger charge is 2.18. The Balaban J connectivity index is 2.30. The Hall–Kier alpha value is -1.75. The van der Waals surface area contributed by atoms with Gasteiger partial charge in [-0.3, -0.25) is 4.68 Å². The molecule has 1 N–H and O–H groups in total. The third kappa shape index (κ3) is 3.67. The van der Waals surface area contributed by atoms with Gasteiger partial charge in [0.2, 0.25) is 0 Å². The maximum Gasteiger partial charge on any atom is 0.130 e. The van der Waals surface area contributed by atoms with E-state index < -0.39 is 11.6 Å². The molecular formula is C16H21F2N3. The zero-order valence-corrected chi connectivity index (χ0v) is 12.7. The molecule has 1 atom stereocenters. The fraction of sp³-hybridized carbons (Fsp3) is 0.438. The second-order valence-corrected chi connectivity index (χ2v) is 5.07. The lowest BCUT2D eigenvalue weighted by Crippen LogP contribution is -2.25. The summed E-state index contributed by atoms with van der Waals surface area (Å²) >= 11 is 0. The number of nitrogens with zero attached hydrogens (tertiary/aromatic N) is 2. The number of halogens is 2. The van der Waals surface area contributed by atoms with Crippen molar-refractivity contribution in [1.82, 2.24) is 15.1 Å². The first-order valence-electron chi connectivity index (χ1n) is 7.26. The molecule has 1 aromatic heterocycles. The molecule has 2 rings (SSSR count). The van der Waals surface area contributed by atoms with E-state index in [0.29, 0.717) is 18.5 Å². The molecule has 0 bridgehead atoms. The highest BCUT2D eigenvalue weighted by molar-refractivity contribution is 5.24. The summed E-state index contributed by atoms with van der Waals surface area (Å²) in [6.45, 7) is 7.42. The van der Waals surface area contributed by atoms with E-state index >= 15 is 0 Å². The Morgan fingerprint density at radius 1 is 1.24 bits per heavy atom. The molecule has 21 heavy (non-hydrogen) atoms. The van der Waals surface area contributed by atoms with E-state index in [9.17, 15) is 8.78 Å². The normalized spacial score (nSPS) is 12.6. The Bertz CT molecular complexity index is 608. The number of hydrogen-bond donors (Lipinski definition) is 1. The van der Waals surface area contributed by atoms with Crippen LogP contribution in [0.1, 0.15) is 36.8 Å². The van der Waals surface area contributed by atoms with Crippen LogP contribution in [0.2, 0.25) is 0 Å². The predicted molar refractivity (Wildman–Crippen MR) is 79.1 cm³/mol. The molecule has 0 fully saturated rings. The van der Waals surface area contributed by atoms with Gasteiger partial charge in [-0.25, -0.2) is 8.78 Å². The predicted octanol–water partition coefficient (Wildman–Crippen LogP) is 3.38. The summed E-state index contributed by atoms with van der Waals surface area (Å²) in [4.78, 5) is 0. The molecule has 0 aliphatic rings. The van der Waals surface area contributed by atoms with E-state index in [-0.39, 0.29) is 6.04 Å². The van der Waals surface area contributed by atoms with Gasteiger partial charge in [0.15, 0.2) is 0 Å². The van der Waals surface area contributed by atoms with Gasteiger partial charge in [0.1, 0.15) is 11.6 Å². The van der Waals surface area contributed by atoms with E-state index in [1.807, 2.05) is 31.5 Å². The molecule has 0 aliphatic heterocycles. The number of hydrogen-bond acceptors (Lipinski definition) is 2. The standard InChI is InChI=1S/C16H21F2N3/c1-4-19-16(14-7-6-12(17)9-15(14)18)10-13-8-11(3)20-21(13)5-2/h6-9,16,19H,4-5,10H2,1-3H3. The lowest BCUT2D eigenvalue weighted by Gasteiger charge is -2.19. The molecule has 1 heterocycles. The lowest BCUT2D eigenvalue weighted by atomic mass is 10.0. The molecule has 114 valence electrons. The van der Waals surface area contributed by atoms with E-state index in [0.717, 1.165) is 24.0 Å². The number of rotatable bonds is 6. The van der Waals surface area contributed by atoms with Gasteiger partial charge in [-0.2, -0.15) is 5.10 Å². The summed E-state index contributed by atoms with van der Waals surface area (Å²) in [5.74, 6) is -1.07. The molecule has 0 radical (unpaired) electrons. The molecular weight excluding hydrogens is 272 g/mol. The van der Waals surface area contributed by atoms with E-state index in [1.54, 1.807) is 0 Å². The third-order valence-electron chi connectivity index (χ3n) is 3.49. The van der Waals surface area contributed by atoms with Crippen LogP contribution >= 0.6 is 0 Å². The van der Waals surface area contributed by atoms with Crippen molar-refractivity contribution >= 4 is 0 Å². The molecule has 0 amide bonds. The van der Waals surface area contributed by atoms with Gasteiger partial charge in [-0.05, 0) is 32.5 Å². The summed E-state index contributed by atoms with van der Waals surface area (Å²) in [5, 5.41) is 7.67. The number of likely N-dealkylation sites (N-methyl/N-ethyl adjacent to an activating group) is 1. The smallest absolute Gasteiger partial charge is 0.130 e. The van der Waals surface area contributed by atoms with Gasteiger partial charge >= 0.3 is 0 Å². The van der Waals surface area contributed by atoms with Crippen LogP contribution in [0.5, 0.6) is 0 Å². The SMILES string of the molecule is CCNC(Cc1cc(C)nn1CC)c1ccc(F)cc1F. The van der Waals surface area contributed by atoms with Crippen LogP contribution in [-0.2, 0) is 13.0 Å². The van der Waals surface area contributed by atoms with E-state index in [4.69, 9.17) is 0 Å². The maximum absolute atomic E-state index is 14.0. The minimum absolute atomic E-state index is 0.197. The van der Waals surface area contributed by atoms with Crippen molar-refractivity contribution in [3.05, 3.63) is 52.9 Å². The van der Waals surface area contributed by atoms with Gasteiger partial charge in [0.25, 0.3) is 0 Å². The zero-order chi connectivity index (χ0) is 15.4. The van der Waals surface area contributed by atoms with Gasteiger partial charge in [-0.15, -0.1) is 0 Å². The third-order valence-corrected chi connectivity index (χ3v) is 3.49. The van der Waals surface area contributed by atoms with Crippen molar-refractivity contribution in [2.75, 3.05) is 6.54 Å². The largest absolute Gasteiger partial charge is 0.310 e. The van der Waals surface area contributed by atoms with Crippen molar-refractivity contribution in [2.24, 2.45) is 0 Å². The first-order valence-corrected chi connectivity index (χ1v) is 7.26. The number of aryl methyl sites for hydroxylation is 2. The molecule has 1 unspecified atom stereocenters. The van der Waals surface area contributed by atoms with Crippen molar-refractivity contribution < 1.29 is 8.78 Å². The summed E-state index contributed by atoms with van der Waals surface area (Å²) < 4.78 is 29.0. The summed E-state index contributed by atoms with van der Waals surface area (Å²) in [5.41, 5.74) is 2.48. The second kappa shape index (κ2) is 6.80. The molecule has 0 aliphatic carbocycles. The fourth-order valence-electron chi connectivity index (χ4n) is 2.57. The summed E-state index contributed by atoms with van der Waals surface area (Å²) in [6.07, 6.45) is 0.616. The molecule has 2 aromatic rings. The van der Waals surface area contributed by atoms with Crippen LogP contribution in [0, 0.1) is 18.6 Å². The Morgan fingerprint density at radius 2 is 2.00 bits per heavy atom.